The molecule has 0 saturated carbocycles. The number of nitrogens with one attached hydrogen (secondary N) is 1. The van der Waals surface area contributed by atoms with Crippen LogP contribution in [0.25, 0.3) is 0 Å². The van der Waals surface area contributed by atoms with Gasteiger partial charge in [-0.15, -0.1) is 11.6 Å². The van der Waals surface area contributed by atoms with Gasteiger partial charge in [-0.25, -0.2) is 0 Å². The molecule has 0 aliphatic rings. The van der Waals surface area contributed by atoms with Crippen molar-refractivity contribution in [3.8, 4) is 0 Å². The summed E-state index contributed by atoms with van der Waals surface area (Å²) in [5.74, 6) is 0.427. The van der Waals surface area contributed by atoms with E-state index in [4.69, 9.17) is 11.6 Å². The normalized spacial score (nSPS) is 12.1. The van der Waals surface area contributed by atoms with Crippen molar-refractivity contribution in [1.82, 2.24) is 5.32 Å². The first-order valence-electron chi connectivity index (χ1n) is 5.76. The van der Waals surface area contributed by atoms with E-state index in [1.165, 1.54) is 0 Å². The monoisotopic (exact) mass is 255 g/mol. The van der Waals surface area contributed by atoms with Crippen molar-refractivity contribution in [2.45, 2.75) is 25.3 Å². The Hall–Kier alpha value is -1.06. The summed E-state index contributed by atoms with van der Waals surface area (Å²) in [6, 6.07) is 9.57. The lowest BCUT2D eigenvalue weighted by Crippen LogP contribution is -2.39. The molecule has 0 bridgehead atoms. The Morgan fingerprint density at radius 3 is 2.65 bits per heavy atom. The van der Waals surface area contributed by atoms with Gasteiger partial charge in [0, 0.05) is 12.3 Å². The molecule has 17 heavy (non-hydrogen) atoms. The summed E-state index contributed by atoms with van der Waals surface area (Å²) >= 11 is 5.52. The molecule has 0 radical (unpaired) electrons. The first-order valence-corrected chi connectivity index (χ1v) is 6.30. The molecule has 4 heteroatoms. The number of carbonyl (C=O) groups is 1. The van der Waals surface area contributed by atoms with Crippen molar-refractivity contribution in [1.29, 1.82) is 0 Å². The fourth-order valence-corrected chi connectivity index (χ4v) is 1.72. The standard InChI is InChI=1S/C13H18ClNO2/c14-8-4-7-13(17)15-12(10-16)9-11-5-2-1-3-6-11/h1-3,5-6,12,16H,4,7-10H2,(H,15,17)/t12-/m0/s1. The molecule has 0 aliphatic carbocycles. The molecule has 0 saturated heterocycles. The Labute approximate surface area is 107 Å². The minimum atomic E-state index is -0.222. The van der Waals surface area contributed by atoms with Crippen LogP contribution in [-0.2, 0) is 11.2 Å². The van der Waals surface area contributed by atoms with Crippen LogP contribution in [0.2, 0.25) is 0 Å². The molecule has 0 heterocycles. The van der Waals surface area contributed by atoms with Gasteiger partial charge in [-0.3, -0.25) is 4.79 Å². The molecule has 0 fully saturated rings. The van der Waals surface area contributed by atoms with Crippen LogP contribution in [0.5, 0.6) is 0 Å². The van der Waals surface area contributed by atoms with Crippen molar-refractivity contribution < 1.29 is 9.90 Å². The predicted molar refractivity (Wildman–Crippen MR) is 69.1 cm³/mol. The van der Waals surface area contributed by atoms with Gasteiger partial charge in [0.15, 0.2) is 0 Å². The lowest BCUT2D eigenvalue weighted by molar-refractivity contribution is -0.122. The number of rotatable bonds is 7. The van der Waals surface area contributed by atoms with Gasteiger partial charge in [-0.2, -0.15) is 0 Å². The highest BCUT2D eigenvalue weighted by atomic mass is 35.5. The van der Waals surface area contributed by atoms with E-state index in [9.17, 15) is 9.90 Å². The molecular weight excluding hydrogens is 238 g/mol. The van der Waals surface area contributed by atoms with Crippen LogP contribution in [0.3, 0.4) is 0 Å². The second kappa shape index (κ2) is 8.09. The van der Waals surface area contributed by atoms with Crippen molar-refractivity contribution in [2.24, 2.45) is 0 Å². The third kappa shape index (κ3) is 5.71. The summed E-state index contributed by atoms with van der Waals surface area (Å²) in [4.78, 5) is 11.5. The Morgan fingerprint density at radius 1 is 1.35 bits per heavy atom. The summed E-state index contributed by atoms with van der Waals surface area (Å²) in [5.41, 5.74) is 1.10. The number of aliphatic hydroxyl groups excluding tert-OH is 1. The molecular formula is C13H18ClNO2. The van der Waals surface area contributed by atoms with Crippen LogP contribution in [0.4, 0.5) is 0 Å². The summed E-state index contributed by atoms with van der Waals surface area (Å²) < 4.78 is 0. The van der Waals surface area contributed by atoms with Gasteiger partial charge in [0.2, 0.25) is 5.91 Å². The molecule has 94 valence electrons. The van der Waals surface area contributed by atoms with E-state index in [0.29, 0.717) is 25.1 Å². The minimum Gasteiger partial charge on any atom is -0.394 e. The Kier molecular flexibility index (Phi) is 6.67. The van der Waals surface area contributed by atoms with Gasteiger partial charge >= 0.3 is 0 Å². The maximum absolute atomic E-state index is 11.5. The van der Waals surface area contributed by atoms with Gasteiger partial charge in [-0.1, -0.05) is 30.3 Å². The van der Waals surface area contributed by atoms with Crippen LogP contribution in [-0.4, -0.2) is 29.5 Å². The Bertz CT molecular complexity index is 329. The molecule has 3 nitrogen and oxygen atoms in total. The average molecular weight is 256 g/mol. The smallest absolute Gasteiger partial charge is 0.220 e. The van der Waals surface area contributed by atoms with Crippen molar-refractivity contribution in [2.75, 3.05) is 12.5 Å². The van der Waals surface area contributed by atoms with E-state index in [1.54, 1.807) is 0 Å². The summed E-state index contributed by atoms with van der Waals surface area (Å²) in [5, 5.41) is 12.0. The molecule has 0 spiro atoms. The number of hydrogen-bond acceptors (Lipinski definition) is 2. The highest BCUT2D eigenvalue weighted by molar-refractivity contribution is 6.17. The zero-order chi connectivity index (χ0) is 12.5. The SMILES string of the molecule is O=C(CCCCl)N[C@H](CO)Cc1ccccc1. The van der Waals surface area contributed by atoms with Crippen LogP contribution in [0.15, 0.2) is 30.3 Å². The zero-order valence-corrected chi connectivity index (χ0v) is 10.5. The average Bonchev–Trinajstić information content (AvgIpc) is 2.36. The maximum atomic E-state index is 11.5. The third-order valence-corrected chi connectivity index (χ3v) is 2.72. The highest BCUT2D eigenvalue weighted by Crippen LogP contribution is 2.03. The minimum absolute atomic E-state index is 0.0541. The Morgan fingerprint density at radius 2 is 2.06 bits per heavy atom. The first kappa shape index (κ1) is 14.0. The molecule has 2 N–H and O–H groups in total. The van der Waals surface area contributed by atoms with Gasteiger partial charge in [-0.05, 0) is 18.4 Å². The van der Waals surface area contributed by atoms with E-state index in [1.807, 2.05) is 30.3 Å². The number of carbonyl (C=O) groups excluding carboxylic acids is 1. The zero-order valence-electron chi connectivity index (χ0n) is 9.73. The van der Waals surface area contributed by atoms with E-state index < -0.39 is 0 Å². The van der Waals surface area contributed by atoms with Crippen molar-refractivity contribution in [3.63, 3.8) is 0 Å². The second-order valence-corrected chi connectivity index (χ2v) is 4.31. The van der Waals surface area contributed by atoms with E-state index in [-0.39, 0.29) is 18.6 Å². The number of amides is 1. The number of halogens is 1. The van der Waals surface area contributed by atoms with Crippen LogP contribution in [0.1, 0.15) is 18.4 Å². The predicted octanol–water partition coefficient (Wildman–Crippen LogP) is 1.73. The number of alkyl halides is 1. The molecule has 1 rings (SSSR count). The summed E-state index contributed by atoms with van der Waals surface area (Å²) in [7, 11) is 0. The first-order chi connectivity index (χ1) is 8.26. The summed E-state index contributed by atoms with van der Waals surface area (Å²) in [6.07, 6.45) is 1.72. The molecule has 0 aliphatic heterocycles. The van der Waals surface area contributed by atoms with Crippen LogP contribution >= 0.6 is 11.6 Å². The second-order valence-electron chi connectivity index (χ2n) is 3.93. The highest BCUT2D eigenvalue weighted by Gasteiger charge is 2.11. The molecule has 1 amide bonds. The third-order valence-electron chi connectivity index (χ3n) is 2.45. The van der Waals surface area contributed by atoms with Crippen molar-refractivity contribution in [3.05, 3.63) is 35.9 Å². The number of aliphatic hydroxyl groups is 1. The van der Waals surface area contributed by atoms with Gasteiger partial charge in [0.1, 0.15) is 0 Å². The van der Waals surface area contributed by atoms with E-state index in [2.05, 4.69) is 5.32 Å². The summed E-state index contributed by atoms with van der Waals surface area (Å²) in [6.45, 7) is -0.0541. The number of benzene rings is 1. The maximum Gasteiger partial charge on any atom is 0.220 e. The quantitative estimate of drug-likeness (QED) is 0.729. The van der Waals surface area contributed by atoms with E-state index >= 15 is 0 Å². The molecule has 1 atom stereocenters. The van der Waals surface area contributed by atoms with Gasteiger partial charge < -0.3 is 10.4 Å². The van der Waals surface area contributed by atoms with Crippen LogP contribution < -0.4 is 5.32 Å². The van der Waals surface area contributed by atoms with Gasteiger partial charge in [0.25, 0.3) is 0 Å². The number of hydrogen-bond donors (Lipinski definition) is 2. The lowest BCUT2D eigenvalue weighted by Gasteiger charge is -2.16. The largest absolute Gasteiger partial charge is 0.394 e. The fraction of sp³-hybridized carbons (Fsp3) is 0.462. The molecule has 1 aromatic rings. The van der Waals surface area contributed by atoms with Crippen molar-refractivity contribution >= 4 is 17.5 Å². The van der Waals surface area contributed by atoms with Gasteiger partial charge in [0.05, 0.1) is 12.6 Å². The molecule has 0 unspecified atom stereocenters. The Balaban J connectivity index is 2.41. The fourth-order valence-electron chi connectivity index (χ4n) is 1.59. The molecule has 1 aromatic carbocycles. The topological polar surface area (TPSA) is 49.3 Å². The van der Waals surface area contributed by atoms with Crippen LogP contribution in [0, 0.1) is 0 Å². The lowest BCUT2D eigenvalue weighted by atomic mass is 10.1. The van der Waals surface area contributed by atoms with E-state index in [0.717, 1.165) is 5.56 Å². The molecule has 0 aromatic heterocycles.